The molecule has 1 atom stereocenters. The van der Waals surface area contributed by atoms with Crippen LogP contribution >= 0.6 is 0 Å². The quantitative estimate of drug-likeness (QED) is 0.596. The van der Waals surface area contributed by atoms with Gasteiger partial charge in [-0.2, -0.15) is 0 Å². The van der Waals surface area contributed by atoms with Crippen molar-refractivity contribution in [1.29, 1.82) is 0 Å². The summed E-state index contributed by atoms with van der Waals surface area (Å²) >= 11 is 0. The number of aryl methyl sites for hydroxylation is 1. The summed E-state index contributed by atoms with van der Waals surface area (Å²) in [5.74, 6) is 0.902. The van der Waals surface area contributed by atoms with Crippen molar-refractivity contribution in [2.24, 2.45) is 0 Å². The number of methoxy groups -OCH3 is 1. The van der Waals surface area contributed by atoms with Crippen LogP contribution in [-0.4, -0.2) is 43.5 Å². The molecular formula is C20H23N3O4. The molecule has 0 radical (unpaired) electrons. The molecule has 1 heterocycles. The third kappa shape index (κ3) is 4.43. The van der Waals surface area contributed by atoms with Gasteiger partial charge >= 0.3 is 0 Å². The predicted molar refractivity (Wildman–Crippen MR) is 103 cm³/mol. The Morgan fingerprint density at radius 2 is 2.00 bits per heavy atom. The van der Waals surface area contributed by atoms with Crippen molar-refractivity contribution >= 4 is 17.2 Å². The average molecular weight is 369 g/mol. The molecule has 1 N–H and O–H groups in total. The number of carbonyl (C=O) groups excluding carboxylic acids is 1. The zero-order chi connectivity index (χ0) is 19.2. The van der Waals surface area contributed by atoms with Crippen molar-refractivity contribution in [2.75, 3.05) is 31.6 Å². The van der Waals surface area contributed by atoms with Crippen LogP contribution in [0.4, 0.5) is 11.4 Å². The number of anilines is 1. The third-order valence-electron chi connectivity index (χ3n) is 4.82. The Balaban J connectivity index is 1.69. The Hall–Kier alpha value is -2.93. The van der Waals surface area contributed by atoms with Gasteiger partial charge < -0.3 is 15.0 Å². The summed E-state index contributed by atoms with van der Waals surface area (Å²) in [7, 11) is 1.63. The van der Waals surface area contributed by atoms with Gasteiger partial charge in [-0.3, -0.25) is 14.9 Å². The van der Waals surface area contributed by atoms with Gasteiger partial charge in [0.25, 0.3) is 5.69 Å². The first-order valence-corrected chi connectivity index (χ1v) is 8.96. The molecule has 0 saturated carbocycles. The van der Waals surface area contributed by atoms with Crippen molar-refractivity contribution in [1.82, 2.24) is 5.32 Å². The van der Waals surface area contributed by atoms with Crippen LogP contribution < -0.4 is 15.0 Å². The second kappa shape index (κ2) is 8.64. The Morgan fingerprint density at radius 3 is 2.70 bits per heavy atom. The largest absolute Gasteiger partial charge is 0.495 e. The van der Waals surface area contributed by atoms with Crippen molar-refractivity contribution < 1.29 is 14.5 Å². The fourth-order valence-corrected chi connectivity index (χ4v) is 3.37. The van der Waals surface area contributed by atoms with Gasteiger partial charge in [0.15, 0.2) is 5.78 Å². The zero-order valence-corrected chi connectivity index (χ0v) is 15.3. The Kier molecular flexibility index (Phi) is 6.03. The fourth-order valence-electron chi connectivity index (χ4n) is 3.37. The molecule has 1 aliphatic heterocycles. The summed E-state index contributed by atoms with van der Waals surface area (Å²) in [5, 5.41) is 14.0. The van der Waals surface area contributed by atoms with Gasteiger partial charge in [0.1, 0.15) is 11.8 Å². The lowest BCUT2D eigenvalue weighted by Crippen LogP contribution is -2.55. The second-order valence-electron chi connectivity index (χ2n) is 6.48. The number of Topliss-reactive ketones (excluding diaryl/α,β-unsaturated/α-hetero) is 1. The van der Waals surface area contributed by atoms with E-state index in [1.165, 1.54) is 12.1 Å². The normalized spacial score (nSPS) is 16.8. The smallest absolute Gasteiger partial charge is 0.269 e. The van der Waals surface area contributed by atoms with Gasteiger partial charge in [-0.1, -0.05) is 24.3 Å². The van der Waals surface area contributed by atoms with E-state index >= 15 is 0 Å². The highest BCUT2D eigenvalue weighted by Crippen LogP contribution is 2.30. The average Bonchev–Trinajstić information content (AvgIpc) is 2.72. The fraction of sp³-hybridized carbons (Fsp3) is 0.350. The van der Waals surface area contributed by atoms with Crippen LogP contribution in [0.1, 0.15) is 12.0 Å². The molecule has 7 heteroatoms. The molecule has 0 spiro atoms. The summed E-state index contributed by atoms with van der Waals surface area (Å²) in [4.78, 5) is 25.3. The number of hydrogen-bond acceptors (Lipinski definition) is 6. The summed E-state index contributed by atoms with van der Waals surface area (Å²) in [6.07, 6.45) is 0.947. The summed E-state index contributed by atoms with van der Waals surface area (Å²) in [5.41, 5.74) is 1.90. The van der Waals surface area contributed by atoms with Crippen LogP contribution in [-0.2, 0) is 11.2 Å². The Labute approximate surface area is 158 Å². The van der Waals surface area contributed by atoms with Crippen LogP contribution in [0.15, 0.2) is 48.5 Å². The molecule has 0 amide bonds. The van der Waals surface area contributed by atoms with E-state index < -0.39 is 4.92 Å². The Bertz CT molecular complexity index is 807. The number of nitro benzene ring substituents is 1. The van der Waals surface area contributed by atoms with E-state index in [1.54, 1.807) is 19.2 Å². The van der Waals surface area contributed by atoms with Gasteiger partial charge in [0.05, 0.1) is 17.7 Å². The minimum Gasteiger partial charge on any atom is -0.495 e. The maximum atomic E-state index is 12.9. The van der Waals surface area contributed by atoms with E-state index in [0.29, 0.717) is 19.4 Å². The van der Waals surface area contributed by atoms with E-state index in [4.69, 9.17) is 4.74 Å². The monoisotopic (exact) mass is 369 g/mol. The van der Waals surface area contributed by atoms with E-state index in [0.717, 1.165) is 30.1 Å². The maximum absolute atomic E-state index is 12.9. The van der Waals surface area contributed by atoms with Crippen LogP contribution in [0.3, 0.4) is 0 Å². The SMILES string of the molecule is COc1ccccc1N1CCNC[C@@H]1C(=O)CCc1ccc([N+](=O)[O-])cc1. The molecule has 2 aromatic rings. The number of rotatable bonds is 7. The molecule has 1 saturated heterocycles. The number of para-hydroxylation sites is 2. The molecular weight excluding hydrogens is 346 g/mol. The van der Waals surface area contributed by atoms with Crippen molar-refractivity contribution in [3.05, 3.63) is 64.2 Å². The number of nitrogens with zero attached hydrogens (tertiary/aromatic N) is 2. The predicted octanol–water partition coefficient (Wildman–Crippen LogP) is 2.58. The number of hydrogen-bond donors (Lipinski definition) is 1. The van der Waals surface area contributed by atoms with Crippen LogP contribution in [0, 0.1) is 10.1 Å². The first-order chi connectivity index (χ1) is 13.1. The number of ether oxygens (including phenoxy) is 1. The van der Waals surface area contributed by atoms with Crippen LogP contribution in [0.25, 0.3) is 0 Å². The lowest BCUT2D eigenvalue weighted by atomic mass is 10.00. The van der Waals surface area contributed by atoms with Crippen molar-refractivity contribution in [3.8, 4) is 5.75 Å². The number of nitro groups is 1. The highest BCUT2D eigenvalue weighted by atomic mass is 16.6. The van der Waals surface area contributed by atoms with Gasteiger partial charge in [0, 0.05) is 38.2 Å². The molecule has 142 valence electrons. The van der Waals surface area contributed by atoms with E-state index in [9.17, 15) is 14.9 Å². The van der Waals surface area contributed by atoms with Crippen LogP contribution in [0.5, 0.6) is 5.75 Å². The number of ketones is 1. The minimum atomic E-state index is -0.423. The lowest BCUT2D eigenvalue weighted by molar-refractivity contribution is -0.384. The highest BCUT2D eigenvalue weighted by molar-refractivity contribution is 5.88. The molecule has 1 aliphatic rings. The standard InChI is InChI=1S/C20H23N3O4/c1-27-20-5-3-2-4-17(20)22-13-12-21-14-18(22)19(24)11-8-15-6-9-16(10-7-15)23(25)26/h2-7,9-10,18,21H,8,11-14H2,1H3/t18-/m1/s1. The summed E-state index contributed by atoms with van der Waals surface area (Å²) < 4.78 is 5.46. The number of nitrogens with one attached hydrogen (secondary N) is 1. The van der Waals surface area contributed by atoms with Crippen molar-refractivity contribution in [2.45, 2.75) is 18.9 Å². The minimum absolute atomic E-state index is 0.0592. The van der Waals surface area contributed by atoms with E-state index in [-0.39, 0.29) is 17.5 Å². The van der Waals surface area contributed by atoms with Gasteiger partial charge in [-0.15, -0.1) is 0 Å². The summed E-state index contributed by atoms with van der Waals surface area (Å²) in [6.45, 7) is 2.13. The Morgan fingerprint density at radius 1 is 1.26 bits per heavy atom. The van der Waals surface area contributed by atoms with Gasteiger partial charge in [-0.05, 0) is 24.1 Å². The number of carbonyl (C=O) groups is 1. The molecule has 27 heavy (non-hydrogen) atoms. The number of non-ortho nitro benzene ring substituents is 1. The highest BCUT2D eigenvalue weighted by Gasteiger charge is 2.29. The summed E-state index contributed by atoms with van der Waals surface area (Å²) in [6, 6.07) is 13.8. The number of piperazine rings is 1. The second-order valence-corrected chi connectivity index (χ2v) is 6.48. The molecule has 0 unspecified atom stereocenters. The molecule has 3 rings (SSSR count). The molecule has 0 aromatic heterocycles. The van der Waals surface area contributed by atoms with Crippen molar-refractivity contribution in [3.63, 3.8) is 0 Å². The maximum Gasteiger partial charge on any atom is 0.269 e. The topological polar surface area (TPSA) is 84.7 Å². The third-order valence-corrected chi connectivity index (χ3v) is 4.82. The van der Waals surface area contributed by atoms with E-state index in [2.05, 4.69) is 10.2 Å². The molecule has 1 fully saturated rings. The van der Waals surface area contributed by atoms with Gasteiger partial charge in [0.2, 0.25) is 0 Å². The van der Waals surface area contributed by atoms with Gasteiger partial charge in [-0.25, -0.2) is 0 Å². The molecule has 2 aromatic carbocycles. The molecule has 7 nitrogen and oxygen atoms in total. The number of benzene rings is 2. The zero-order valence-electron chi connectivity index (χ0n) is 15.3. The first kappa shape index (κ1) is 18.8. The van der Waals surface area contributed by atoms with Crippen LogP contribution in [0.2, 0.25) is 0 Å². The molecule has 0 bridgehead atoms. The first-order valence-electron chi connectivity index (χ1n) is 8.96. The molecule has 0 aliphatic carbocycles. The lowest BCUT2D eigenvalue weighted by Gasteiger charge is -2.37. The van der Waals surface area contributed by atoms with E-state index in [1.807, 2.05) is 24.3 Å².